The number of hydrogen-bond acceptors (Lipinski definition) is 4. The maximum Gasteiger partial charge on any atom is 0.360 e. The highest BCUT2D eigenvalue weighted by Crippen LogP contribution is 2.18. The lowest BCUT2D eigenvalue weighted by Crippen LogP contribution is -2.08. The van der Waals surface area contributed by atoms with Crippen molar-refractivity contribution in [2.75, 3.05) is 6.61 Å². The van der Waals surface area contributed by atoms with E-state index in [-0.39, 0.29) is 5.69 Å². The smallest absolute Gasteiger partial charge is 0.360 e. The molecule has 0 radical (unpaired) electrons. The van der Waals surface area contributed by atoms with Crippen molar-refractivity contribution in [3.05, 3.63) is 39.2 Å². The molecule has 0 saturated carbocycles. The van der Waals surface area contributed by atoms with E-state index in [0.717, 1.165) is 9.26 Å². The van der Waals surface area contributed by atoms with Gasteiger partial charge in [-0.2, -0.15) is 0 Å². The van der Waals surface area contributed by atoms with E-state index in [4.69, 9.17) is 4.74 Å². The van der Waals surface area contributed by atoms with Gasteiger partial charge >= 0.3 is 5.97 Å². The number of ether oxygens (including phenoxy) is 1. The van der Waals surface area contributed by atoms with Gasteiger partial charge in [0, 0.05) is 3.57 Å². The van der Waals surface area contributed by atoms with Crippen LogP contribution in [0.1, 0.15) is 23.1 Å². The maximum absolute atomic E-state index is 11.7. The predicted molar refractivity (Wildman–Crippen MR) is 74.8 cm³/mol. The number of esters is 1. The van der Waals surface area contributed by atoms with Crippen molar-refractivity contribution in [2.24, 2.45) is 0 Å². The Balaban J connectivity index is 2.43. The van der Waals surface area contributed by atoms with Crippen LogP contribution in [0.4, 0.5) is 0 Å². The van der Waals surface area contributed by atoms with Gasteiger partial charge in [-0.15, -0.1) is 5.10 Å². The van der Waals surface area contributed by atoms with Crippen LogP contribution in [0, 0.1) is 10.5 Å². The summed E-state index contributed by atoms with van der Waals surface area (Å²) in [4.78, 5) is 11.7. The molecule has 0 aliphatic heterocycles. The van der Waals surface area contributed by atoms with E-state index in [1.54, 1.807) is 18.5 Å². The summed E-state index contributed by atoms with van der Waals surface area (Å²) >= 11 is 2.22. The lowest BCUT2D eigenvalue weighted by molar-refractivity contribution is 0.0518. The van der Waals surface area contributed by atoms with Gasteiger partial charge in [-0.25, -0.2) is 9.48 Å². The number of rotatable bonds is 3. The topological polar surface area (TPSA) is 57.0 Å². The third-order valence-corrected chi connectivity index (χ3v) is 3.36. The lowest BCUT2D eigenvalue weighted by atomic mass is 10.3. The average Bonchev–Trinajstić information content (AvgIpc) is 2.72. The van der Waals surface area contributed by atoms with Gasteiger partial charge in [-0.1, -0.05) is 17.3 Å². The molecule has 0 aliphatic rings. The van der Waals surface area contributed by atoms with E-state index in [1.165, 1.54) is 0 Å². The largest absolute Gasteiger partial charge is 0.461 e. The maximum atomic E-state index is 11.7. The number of nitrogens with zero attached hydrogens (tertiary/aromatic N) is 3. The fourth-order valence-electron chi connectivity index (χ4n) is 1.57. The highest BCUT2D eigenvalue weighted by atomic mass is 127. The van der Waals surface area contributed by atoms with Crippen molar-refractivity contribution in [1.82, 2.24) is 15.0 Å². The van der Waals surface area contributed by atoms with E-state index in [0.29, 0.717) is 12.3 Å². The van der Waals surface area contributed by atoms with Crippen molar-refractivity contribution in [1.29, 1.82) is 0 Å². The summed E-state index contributed by atoms with van der Waals surface area (Å²) in [5.41, 5.74) is 1.84. The fourth-order valence-corrected chi connectivity index (χ4v) is 2.19. The first-order chi connectivity index (χ1) is 8.65. The summed E-state index contributed by atoms with van der Waals surface area (Å²) in [6.07, 6.45) is 0. The molecule has 0 amide bonds. The molecule has 0 N–H and O–H groups in total. The van der Waals surface area contributed by atoms with E-state index in [9.17, 15) is 4.79 Å². The molecule has 2 rings (SSSR count). The molecule has 0 bridgehead atoms. The molecule has 94 valence electrons. The number of para-hydroxylation sites is 1. The Morgan fingerprint density at radius 2 is 2.17 bits per heavy atom. The summed E-state index contributed by atoms with van der Waals surface area (Å²) < 4.78 is 7.62. The first-order valence-corrected chi connectivity index (χ1v) is 6.57. The van der Waals surface area contributed by atoms with E-state index >= 15 is 0 Å². The van der Waals surface area contributed by atoms with Crippen LogP contribution >= 0.6 is 22.6 Å². The van der Waals surface area contributed by atoms with Crippen molar-refractivity contribution in [3.63, 3.8) is 0 Å². The van der Waals surface area contributed by atoms with Crippen LogP contribution in [-0.2, 0) is 4.74 Å². The van der Waals surface area contributed by atoms with Crippen LogP contribution in [0.3, 0.4) is 0 Å². The van der Waals surface area contributed by atoms with Crippen molar-refractivity contribution in [3.8, 4) is 5.69 Å². The van der Waals surface area contributed by atoms with Crippen LogP contribution < -0.4 is 0 Å². The monoisotopic (exact) mass is 357 g/mol. The zero-order valence-electron chi connectivity index (χ0n) is 10.1. The molecule has 0 aliphatic carbocycles. The molecule has 18 heavy (non-hydrogen) atoms. The van der Waals surface area contributed by atoms with E-state index in [2.05, 4.69) is 32.9 Å². The Morgan fingerprint density at radius 3 is 2.83 bits per heavy atom. The molecule has 2 aromatic rings. The summed E-state index contributed by atoms with van der Waals surface area (Å²) in [6, 6.07) is 7.77. The predicted octanol–water partition coefficient (Wildman–Crippen LogP) is 2.36. The minimum absolute atomic E-state index is 0.261. The normalized spacial score (nSPS) is 10.4. The number of benzene rings is 1. The van der Waals surface area contributed by atoms with E-state index < -0.39 is 5.97 Å². The standard InChI is InChI=1S/C12H12IN3O2/c1-3-18-12(17)11-8(2)16(15-14-11)10-7-5-4-6-9(10)13/h4-7H,3H2,1-2H3. The van der Waals surface area contributed by atoms with Crippen molar-refractivity contribution >= 4 is 28.6 Å². The highest BCUT2D eigenvalue weighted by Gasteiger charge is 2.18. The van der Waals surface area contributed by atoms with Crippen molar-refractivity contribution in [2.45, 2.75) is 13.8 Å². The number of carbonyl (C=O) groups excluding carboxylic acids is 1. The van der Waals surface area contributed by atoms with Crippen LogP contribution in [0.2, 0.25) is 0 Å². The second-order valence-corrected chi connectivity index (χ2v) is 4.77. The quantitative estimate of drug-likeness (QED) is 0.625. The van der Waals surface area contributed by atoms with Gasteiger partial charge in [-0.3, -0.25) is 0 Å². The first kappa shape index (κ1) is 13.0. The molecule has 6 heteroatoms. The summed E-state index contributed by atoms with van der Waals surface area (Å²) in [7, 11) is 0. The third kappa shape index (κ3) is 2.38. The molecule has 1 aromatic heterocycles. The molecular weight excluding hydrogens is 345 g/mol. The SMILES string of the molecule is CCOC(=O)c1nnn(-c2ccccc2I)c1C. The molecule has 0 saturated heterocycles. The fraction of sp³-hybridized carbons (Fsp3) is 0.250. The molecule has 0 fully saturated rings. The summed E-state index contributed by atoms with van der Waals surface area (Å²) in [5.74, 6) is -0.438. The third-order valence-electron chi connectivity index (χ3n) is 2.44. The number of carbonyl (C=O) groups is 1. The Kier molecular flexibility index (Phi) is 3.95. The van der Waals surface area contributed by atoms with Crippen molar-refractivity contribution < 1.29 is 9.53 Å². The van der Waals surface area contributed by atoms with Gasteiger partial charge < -0.3 is 4.74 Å². The van der Waals surface area contributed by atoms with Crippen LogP contribution in [-0.4, -0.2) is 27.6 Å². The zero-order valence-corrected chi connectivity index (χ0v) is 12.2. The van der Waals surface area contributed by atoms with Gasteiger partial charge in [-0.05, 0) is 48.6 Å². The lowest BCUT2D eigenvalue weighted by Gasteiger charge is -2.05. The Labute approximate surface area is 118 Å². The molecule has 0 spiro atoms. The molecular formula is C12H12IN3O2. The van der Waals surface area contributed by atoms with Crippen LogP contribution in [0.25, 0.3) is 5.69 Å². The van der Waals surface area contributed by atoms with Crippen LogP contribution in [0.15, 0.2) is 24.3 Å². The molecule has 1 aromatic carbocycles. The van der Waals surface area contributed by atoms with Gasteiger partial charge in [0.15, 0.2) is 5.69 Å². The Hall–Kier alpha value is -1.44. The number of halogens is 1. The average molecular weight is 357 g/mol. The number of hydrogen-bond donors (Lipinski definition) is 0. The number of aromatic nitrogens is 3. The van der Waals surface area contributed by atoms with Gasteiger partial charge in [0.25, 0.3) is 0 Å². The van der Waals surface area contributed by atoms with Gasteiger partial charge in [0.05, 0.1) is 18.0 Å². The molecule has 1 heterocycles. The zero-order chi connectivity index (χ0) is 13.1. The Morgan fingerprint density at radius 1 is 1.44 bits per heavy atom. The van der Waals surface area contributed by atoms with Gasteiger partial charge in [0.2, 0.25) is 0 Å². The minimum Gasteiger partial charge on any atom is -0.461 e. The Bertz CT molecular complexity index is 580. The van der Waals surface area contributed by atoms with Crippen LogP contribution in [0.5, 0.6) is 0 Å². The molecule has 5 nitrogen and oxygen atoms in total. The molecule has 0 unspecified atom stereocenters. The summed E-state index contributed by atoms with van der Waals surface area (Å²) in [6.45, 7) is 3.89. The minimum atomic E-state index is -0.438. The highest BCUT2D eigenvalue weighted by molar-refractivity contribution is 14.1. The first-order valence-electron chi connectivity index (χ1n) is 5.49. The summed E-state index contributed by atoms with van der Waals surface area (Å²) in [5, 5.41) is 7.90. The molecule has 0 atom stereocenters. The van der Waals surface area contributed by atoms with E-state index in [1.807, 2.05) is 24.3 Å². The second kappa shape index (κ2) is 5.47. The van der Waals surface area contributed by atoms with Gasteiger partial charge in [0.1, 0.15) is 0 Å². The second-order valence-electron chi connectivity index (χ2n) is 3.61.